The Morgan fingerprint density at radius 3 is 2.58 bits per heavy atom. The summed E-state index contributed by atoms with van der Waals surface area (Å²) in [5, 5.41) is 24.6. The third kappa shape index (κ3) is 5.31. The van der Waals surface area contributed by atoms with Crippen molar-refractivity contribution >= 4 is 52.6 Å². The first-order chi connectivity index (χ1) is 11.4. The molecule has 1 heterocycles. The SMILES string of the molecule is N#Cc1ccc(Cl)cc1NC(=O)C(=O)NCC1(O)CSCCSC1. The van der Waals surface area contributed by atoms with Gasteiger partial charge in [0.05, 0.1) is 16.9 Å². The highest BCUT2D eigenvalue weighted by molar-refractivity contribution is 8.03. The molecule has 1 aliphatic heterocycles. The van der Waals surface area contributed by atoms with Crippen LogP contribution < -0.4 is 10.6 Å². The van der Waals surface area contributed by atoms with Gasteiger partial charge in [0.2, 0.25) is 0 Å². The zero-order chi connectivity index (χ0) is 17.6. The van der Waals surface area contributed by atoms with Crippen LogP contribution in [0.2, 0.25) is 5.02 Å². The summed E-state index contributed by atoms with van der Waals surface area (Å²) >= 11 is 9.07. The van der Waals surface area contributed by atoms with Gasteiger partial charge in [0, 0.05) is 34.6 Å². The van der Waals surface area contributed by atoms with Gasteiger partial charge in [-0.15, -0.1) is 0 Å². The second-order valence-electron chi connectivity index (χ2n) is 5.27. The number of hydrogen-bond acceptors (Lipinski definition) is 6. The van der Waals surface area contributed by atoms with Crippen LogP contribution in [0.25, 0.3) is 0 Å². The molecule has 6 nitrogen and oxygen atoms in total. The highest BCUT2D eigenvalue weighted by Crippen LogP contribution is 2.24. The Bertz CT molecular complexity index is 670. The van der Waals surface area contributed by atoms with Crippen molar-refractivity contribution < 1.29 is 14.7 Å². The Labute approximate surface area is 153 Å². The Morgan fingerprint density at radius 1 is 1.29 bits per heavy atom. The molecule has 0 saturated carbocycles. The van der Waals surface area contributed by atoms with Crippen molar-refractivity contribution in [2.75, 3.05) is 34.9 Å². The molecule has 0 spiro atoms. The molecule has 2 rings (SSSR count). The number of hydrogen-bond donors (Lipinski definition) is 3. The summed E-state index contributed by atoms with van der Waals surface area (Å²) in [6.07, 6.45) is 0. The van der Waals surface area contributed by atoms with Gasteiger partial charge in [0.25, 0.3) is 0 Å². The first-order valence-electron chi connectivity index (χ1n) is 7.10. The number of benzene rings is 1. The molecule has 1 aromatic carbocycles. The van der Waals surface area contributed by atoms with Crippen LogP contribution in [0.1, 0.15) is 5.56 Å². The minimum Gasteiger partial charge on any atom is -0.386 e. The van der Waals surface area contributed by atoms with Gasteiger partial charge in [-0.1, -0.05) is 11.6 Å². The van der Waals surface area contributed by atoms with Crippen molar-refractivity contribution in [3.8, 4) is 6.07 Å². The van der Waals surface area contributed by atoms with Crippen LogP contribution in [0.4, 0.5) is 5.69 Å². The second-order valence-corrected chi connectivity index (χ2v) is 7.91. The first kappa shape index (κ1) is 18.9. The van der Waals surface area contributed by atoms with Gasteiger partial charge in [0.1, 0.15) is 6.07 Å². The maximum atomic E-state index is 12.0. The quantitative estimate of drug-likeness (QED) is 0.681. The van der Waals surface area contributed by atoms with Crippen molar-refractivity contribution in [3.05, 3.63) is 28.8 Å². The minimum atomic E-state index is -1.03. The molecule has 3 N–H and O–H groups in total. The lowest BCUT2D eigenvalue weighted by Gasteiger charge is -2.25. The Morgan fingerprint density at radius 2 is 1.96 bits per heavy atom. The summed E-state index contributed by atoms with van der Waals surface area (Å²) in [7, 11) is 0. The smallest absolute Gasteiger partial charge is 0.313 e. The van der Waals surface area contributed by atoms with E-state index in [2.05, 4.69) is 10.6 Å². The molecule has 0 atom stereocenters. The molecular formula is C15H16ClN3O3S2. The van der Waals surface area contributed by atoms with Crippen molar-refractivity contribution in [2.24, 2.45) is 0 Å². The number of thioether (sulfide) groups is 2. The van der Waals surface area contributed by atoms with Crippen molar-refractivity contribution in [1.82, 2.24) is 5.32 Å². The van der Waals surface area contributed by atoms with Gasteiger partial charge in [-0.3, -0.25) is 9.59 Å². The van der Waals surface area contributed by atoms with E-state index in [9.17, 15) is 14.7 Å². The van der Waals surface area contributed by atoms with Crippen LogP contribution in [-0.2, 0) is 9.59 Å². The topological polar surface area (TPSA) is 102 Å². The number of rotatable bonds is 3. The van der Waals surface area contributed by atoms with Gasteiger partial charge >= 0.3 is 11.8 Å². The molecule has 1 aliphatic rings. The fourth-order valence-corrected chi connectivity index (χ4v) is 4.71. The number of nitrogens with one attached hydrogen (secondary N) is 2. The largest absolute Gasteiger partial charge is 0.386 e. The molecule has 1 saturated heterocycles. The molecule has 0 aromatic heterocycles. The summed E-state index contributed by atoms with van der Waals surface area (Å²) in [5.41, 5.74) is -0.657. The summed E-state index contributed by atoms with van der Waals surface area (Å²) in [6, 6.07) is 6.29. The van der Waals surface area contributed by atoms with E-state index >= 15 is 0 Å². The van der Waals surface area contributed by atoms with Crippen LogP contribution in [0, 0.1) is 11.3 Å². The van der Waals surface area contributed by atoms with Gasteiger partial charge in [-0.25, -0.2) is 0 Å². The van der Waals surface area contributed by atoms with Crippen LogP contribution in [0.3, 0.4) is 0 Å². The number of halogens is 1. The fourth-order valence-electron chi connectivity index (χ4n) is 2.01. The normalized spacial score (nSPS) is 16.5. The second kappa shape index (κ2) is 8.62. The number of carbonyl (C=O) groups excluding carboxylic acids is 2. The number of aliphatic hydroxyl groups is 1. The minimum absolute atomic E-state index is 0.0000929. The lowest BCUT2D eigenvalue weighted by molar-refractivity contribution is -0.136. The van der Waals surface area contributed by atoms with Gasteiger partial charge < -0.3 is 15.7 Å². The van der Waals surface area contributed by atoms with E-state index in [1.807, 2.05) is 6.07 Å². The molecule has 128 valence electrons. The van der Waals surface area contributed by atoms with Crippen molar-refractivity contribution in [2.45, 2.75) is 5.60 Å². The third-order valence-corrected chi connectivity index (χ3v) is 6.21. The predicted molar refractivity (Wildman–Crippen MR) is 97.4 cm³/mol. The van der Waals surface area contributed by atoms with Crippen LogP contribution in [-0.4, -0.2) is 52.1 Å². The molecule has 0 radical (unpaired) electrons. The third-order valence-electron chi connectivity index (χ3n) is 3.25. The lowest BCUT2D eigenvalue weighted by atomic mass is 10.1. The van der Waals surface area contributed by atoms with Crippen molar-refractivity contribution in [3.63, 3.8) is 0 Å². The molecule has 2 amide bonds. The van der Waals surface area contributed by atoms with E-state index in [4.69, 9.17) is 16.9 Å². The molecule has 0 bridgehead atoms. The highest BCUT2D eigenvalue weighted by atomic mass is 35.5. The van der Waals surface area contributed by atoms with E-state index in [1.54, 1.807) is 23.5 Å². The van der Waals surface area contributed by atoms with Crippen LogP contribution >= 0.6 is 35.1 Å². The number of nitrogens with zero attached hydrogens (tertiary/aromatic N) is 1. The van der Waals surface area contributed by atoms with E-state index in [1.165, 1.54) is 18.2 Å². The van der Waals surface area contributed by atoms with Crippen LogP contribution in [0.15, 0.2) is 18.2 Å². The summed E-state index contributed by atoms with van der Waals surface area (Å²) in [4.78, 5) is 23.9. The molecular weight excluding hydrogens is 370 g/mol. The number of amides is 2. The van der Waals surface area contributed by atoms with E-state index < -0.39 is 17.4 Å². The molecule has 24 heavy (non-hydrogen) atoms. The van der Waals surface area contributed by atoms with Gasteiger partial charge in [-0.2, -0.15) is 28.8 Å². The summed E-state index contributed by atoms with van der Waals surface area (Å²) < 4.78 is 0. The molecule has 1 aromatic rings. The van der Waals surface area contributed by atoms with Crippen molar-refractivity contribution in [1.29, 1.82) is 5.26 Å². The number of nitriles is 1. The first-order valence-corrected chi connectivity index (χ1v) is 9.79. The number of carbonyl (C=O) groups is 2. The molecule has 1 fully saturated rings. The summed E-state index contributed by atoms with van der Waals surface area (Å²) in [5.74, 6) is 1.14. The highest BCUT2D eigenvalue weighted by Gasteiger charge is 2.30. The molecule has 0 aliphatic carbocycles. The predicted octanol–water partition coefficient (Wildman–Crippen LogP) is 1.48. The van der Waals surface area contributed by atoms with E-state index in [0.29, 0.717) is 16.5 Å². The number of anilines is 1. The monoisotopic (exact) mass is 385 g/mol. The standard InChI is InChI=1S/C15H16ClN3O3S2/c16-11-2-1-10(6-17)12(5-11)19-14(21)13(20)18-7-15(22)8-23-3-4-24-9-15/h1-2,5,22H,3-4,7-9H2,(H,18,20)(H,19,21). The Kier molecular flexibility index (Phi) is 6.80. The zero-order valence-electron chi connectivity index (χ0n) is 12.7. The average molecular weight is 386 g/mol. The molecule has 0 unspecified atom stereocenters. The maximum Gasteiger partial charge on any atom is 0.313 e. The van der Waals surface area contributed by atoms with E-state index in [0.717, 1.165) is 11.5 Å². The Balaban J connectivity index is 1.94. The lowest BCUT2D eigenvalue weighted by Crippen LogP contribution is -2.49. The van der Waals surface area contributed by atoms with E-state index in [-0.39, 0.29) is 17.8 Å². The van der Waals surface area contributed by atoms with Crippen LogP contribution in [0.5, 0.6) is 0 Å². The Hall–Kier alpha value is -1.40. The maximum absolute atomic E-state index is 12.0. The fraction of sp³-hybridized carbons (Fsp3) is 0.400. The van der Waals surface area contributed by atoms with Gasteiger partial charge in [0.15, 0.2) is 0 Å². The zero-order valence-corrected chi connectivity index (χ0v) is 15.1. The summed E-state index contributed by atoms with van der Waals surface area (Å²) in [6.45, 7) is -0.0000929. The van der Waals surface area contributed by atoms with Gasteiger partial charge in [-0.05, 0) is 18.2 Å². The molecule has 9 heteroatoms. The average Bonchev–Trinajstić information content (AvgIpc) is 2.78.